The third-order valence-electron chi connectivity index (χ3n) is 4.11. The molecule has 0 saturated heterocycles. The van der Waals surface area contributed by atoms with Crippen LogP contribution < -0.4 is 0 Å². The zero-order valence-electron chi connectivity index (χ0n) is 13.0. The molecule has 2 aliphatic rings. The number of rotatable bonds is 3. The summed E-state index contributed by atoms with van der Waals surface area (Å²) in [5.41, 5.74) is -0.528. The molecule has 1 aliphatic carbocycles. The molecule has 5 heteroatoms. The Morgan fingerprint density at radius 1 is 1.50 bits per heavy atom. The Bertz CT molecular complexity index is 642. The molecule has 1 aliphatic heterocycles. The first kappa shape index (κ1) is 16.3. The Labute approximate surface area is 129 Å². The average Bonchev–Trinajstić information content (AvgIpc) is 2.95. The summed E-state index contributed by atoms with van der Waals surface area (Å²) in [4.78, 5) is 23.2. The van der Waals surface area contributed by atoms with E-state index in [2.05, 4.69) is 11.8 Å². The van der Waals surface area contributed by atoms with Gasteiger partial charge in [0.25, 0.3) is 0 Å². The van der Waals surface area contributed by atoms with Crippen molar-refractivity contribution < 1.29 is 24.5 Å². The van der Waals surface area contributed by atoms with Crippen molar-refractivity contribution in [2.45, 2.75) is 45.6 Å². The Balaban J connectivity index is 2.24. The summed E-state index contributed by atoms with van der Waals surface area (Å²) in [7, 11) is 0. The average molecular weight is 304 g/mol. The summed E-state index contributed by atoms with van der Waals surface area (Å²) >= 11 is 0. The summed E-state index contributed by atoms with van der Waals surface area (Å²) < 4.78 is 5.97. The van der Waals surface area contributed by atoms with Gasteiger partial charge in [0.2, 0.25) is 5.78 Å². The number of carboxylic acids is 1. The predicted molar refractivity (Wildman–Crippen MR) is 79.7 cm³/mol. The van der Waals surface area contributed by atoms with E-state index >= 15 is 0 Å². The van der Waals surface area contributed by atoms with Crippen LogP contribution in [0.2, 0.25) is 0 Å². The van der Waals surface area contributed by atoms with E-state index in [9.17, 15) is 14.7 Å². The molecule has 2 rings (SSSR count). The molecule has 1 heterocycles. The minimum atomic E-state index is -1.18. The van der Waals surface area contributed by atoms with E-state index < -0.39 is 17.0 Å². The number of allylic oxidation sites excluding steroid dienone is 2. The van der Waals surface area contributed by atoms with Gasteiger partial charge in [-0.15, -0.1) is 0 Å². The van der Waals surface area contributed by atoms with Crippen LogP contribution in [-0.4, -0.2) is 34.2 Å². The number of aliphatic hydroxyl groups excluding tert-OH is 1. The van der Waals surface area contributed by atoms with Gasteiger partial charge in [0, 0.05) is 35.3 Å². The lowest BCUT2D eigenvalue weighted by Gasteiger charge is -2.27. The number of ether oxygens (including phenoxy) is 1. The van der Waals surface area contributed by atoms with Crippen molar-refractivity contribution in [2.75, 3.05) is 6.61 Å². The third kappa shape index (κ3) is 2.79. The van der Waals surface area contributed by atoms with Crippen molar-refractivity contribution in [3.63, 3.8) is 0 Å². The van der Waals surface area contributed by atoms with Gasteiger partial charge in [0.15, 0.2) is 5.60 Å². The first-order chi connectivity index (χ1) is 10.2. The molecule has 5 nitrogen and oxygen atoms in total. The number of ketones is 1. The minimum absolute atomic E-state index is 0.109. The van der Waals surface area contributed by atoms with Gasteiger partial charge in [-0.3, -0.25) is 4.79 Å². The zero-order valence-corrected chi connectivity index (χ0v) is 13.0. The van der Waals surface area contributed by atoms with Crippen LogP contribution in [0, 0.1) is 17.3 Å². The molecule has 0 aromatic rings. The number of carboxylic acid groups (broad SMARTS) is 1. The lowest BCUT2D eigenvalue weighted by Crippen LogP contribution is -2.38. The number of carbonyl (C=O) groups excluding carboxylic acids is 1. The number of hydrogen-bond donors (Lipinski definition) is 2. The molecule has 1 spiro atoms. The first-order valence-electron chi connectivity index (χ1n) is 7.22. The van der Waals surface area contributed by atoms with Crippen molar-refractivity contribution in [3.8, 4) is 11.8 Å². The summed E-state index contributed by atoms with van der Waals surface area (Å²) in [5.74, 6) is 4.05. The SMILES string of the molecule is CC1=C(CC(C)(C)C#CC(=O)O)O[C@@]2(CCC=C2CO)C1=O. The van der Waals surface area contributed by atoms with E-state index in [0.29, 0.717) is 36.2 Å². The number of hydrogen-bond acceptors (Lipinski definition) is 4. The second-order valence-electron chi connectivity index (χ2n) is 6.35. The number of aliphatic carboxylic acids is 1. The van der Waals surface area contributed by atoms with Gasteiger partial charge in [0.1, 0.15) is 5.76 Å². The van der Waals surface area contributed by atoms with Gasteiger partial charge in [-0.25, -0.2) is 4.79 Å². The maximum Gasteiger partial charge on any atom is 0.381 e. The fourth-order valence-electron chi connectivity index (χ4n) is 2.94. The Morgan fingerprint density at radius 2 is 2.18 bits per heavy atom. The van der Waals surface area contributed by atoms with Gasteiger partial charge in [-0.2, -0.15) is 0 Å². The lowest BCUT2D eigenvalue weighted by molar-refractivity contribution is -0.130. The number of Topliss-reactive ketones (excluding diaryl/α,β-unsaturated/α-hetero) is 1. The molecular weight excluding hydrogens is 284 g/mol. The van der Waals surface area contributed by atoms with Crippen LogP contribution in [0.1, 0.15) is 40.0 Å². The van der Waals surface area contributed by atoms with Gasteiger partial charge >= 0.3 is 5.97 Å². The monoisotopic (exact) mass is 304 g/mol. The van der Waals surface area contributed by atoms with Crippen LogP contribution in [0.5, 0.6) is 0 Å². The lowest BCUT2D eigenvalue weighted by atomic mass is 9.86. The molecule has 0 aromatic carbocycles. The van der Waals surface area contributed by atoms with Crippen LogP contribution in [-0.2, 0) is 14.3 Å². The van der Waals surface area contributed by atoms with Crippen LogP contribution >= 0.6 is 0 Å². The van der Waals surface area contributed by atoms with Crippen LogP contribution in [0.4, 0.5) is 0 Å². The Morgan fingerprint density at radius 3 is 2.77 bits per heavy atom. The molecule has 0 amide bonds. The van der Waals surface area contributed by atoms with E-state index in [1.54, 1.807) is 20.8 Å². The predicted octanol–water partition coefficient (Wildman–Crippen LogP) is 1.82. The van der Waals surface area contributed by atoms with Crippen molar-refractivity contribution in [1.29, 1.82) is 0 Å². The van der Waals surface area contributed by atoms with Crippen molar-refractivity contribution in [2.24, 2.45) is 5.41 Å². The van der Waals surface area contributed by atoms with Gasteiger partial charge < -0.3 is 14.9 Å². The number of carbonyl (C=O) groups is 2. The van der Waals surface area contributed by atoms with Crippen molar-refractivity contribution >= 4 is 11.8 Å². The van der Waals surface area contributed by atoms with Gasteiger partial charge in [0.05, 0.1) is 6.61 Å². The Hall–Kier alpha value is -2.06. The third-order valence-corrected chi connectivity index (χ3v) is 4.11. The summed E-state index contributed by atoms with van der Waals surface area (Å²) in [5, 5.41) is 18.1. The Kier molecular flexibility index (Phi) is 4.17. The standard InChI is InChI=1S/C17H20O5/c1-11-13(9-16(2,3)8-6-14(19)20)22-17(15(11)21)7-4-5-12(17)10-18/h5,18H,4,7,9-10H2,1-3H3,(H,19,20)/t17-/m1/s1. The molecule has 1 atom stereocenters. The molecule has 0 radical (unpaired) electrons. The van der Waals surface area contributed by atoms with Crippen LogP contribution in [0.25, 0.3) is 0 Å². The second kappa shape index (κ2) is 5.62. The molecule has 0 fully saturated rings. The van der Waals surface area contributed by atoms with E-state index in [0.717, 1.165) is 0 Å². The van der Waals surface area contributed by atoms with Crippen molar-refractivity contribution in [3.05, 3.63) is 23.0 Å². The fourth-order valence-corrected chi connectivity index (χ4v) is 2.94. The van der Waals surface area contributed by atoms with E-state index in [-0.39, 0.29) is 12.4 Å². The quantitative estimate of drug-likeness (QED) is 0.614. The summed E-state index contributed by atoms with van der Waals surface area (Å²) in [6.07, 6.45) is 3.43. The largest absolute Gasteiger partial charge is 0.478 e. The van der Waals surface area contributed by atoms with Gasteiger partial charge in [-0.05, 0) is 27.2 Å². The summed E-state index contributed by atoms with van der Waals surface area (Å²) in [6, 6.07) is 0. The maximum atomic E-state index is 12.6. The molecule has 2 N–H and O–H groups in total. The normalized spacial score (nSPS) is 24.2. The highest BCUT2D eigenvalue weighted by atomic mass is 16.5. The van der Waals surface area contributed by atoms with E-state index in [1.165, 1.54) is 0 Å². The zero-order chi connectivity index (χ0) is 16.5. The van der Waals surface area contributed by atoms with Crippen LogP contribution in [0.15, 0.2) is 23.0 Å². The fraction of sp³-hybridized carbons (Fsp3) is 0.529. The maximum absolute atomic E-state index is 12.6. The molecular formula is C17H20O5. The number of aliphatic hydroxyl groups is 1. The highest BCUT2D eigenvalue weighted by molar-refractivity contribution is 6.06. The highest BCUT2D eigenvalue weighted by Gasteiger charge is 2.52. The van der Waals surface area contributed by atoms with Crippen LogP contribution in [0.3, 0.4) is 0 Å². The molecule has 118 valence electrons. The van der Waals surface area contributed by atoms with E-state index in [1.807, 2.05) is 6.08 Å². The first-order valence-corrected chi connectivity index (χ1v) is 7.22. The molecule has 0 bridgehead atoms. The second-order valence-corrected chi connectivity index (χ2v) is 6.35. The van der Waals surface area contributed by atoms with E-state index in [4.69, 9.17) is 9.84 Å². The summed E-state index contributed by atoms with van der Waals surface area (Å²) in [6.45, 7) is 5.12. The topological polar surface area (TPSA) is 83.8 Å². The molecule has 0 saturated carbocycles. The van der Waals surface area contributed by atoms with Crippen molar-refractivity contribution in [1.82, 2.24) is 0 Å². The molecule has 22 heavy (non-hydrogen) atoms. The minimum Gasteiger partial charge on any atom is -0.478 e. The molecule has 0 unspecified atom stereocenters. The highest BCUT2D eigenvalue weighted by Crippen LogP contribution is 2.45. The smallest absolute Gasteiger partial charge is 0.381 e. The molecule has 0 aromatic heterocycles. The van der Waals surface area contributed by atoms with Gasteiger partial charge in [-0.1, -0.05) is 12.0 Å².